The number of ether oxygens (including phenoxy) is 1. The molecule has 0 aliphatic heterocycles. The van der Waals surface area contributed by atoms with Gasteiger partial charge in [0.15, 0.2) is 5.05 Å². The number of methoxy groups -OCH3 is 1. The minimum absolute atomic E-state index is 0.746. The molecule has 10 heavy (non-hydrogen) atoms. The summed E-state index contributed by atoms with van der Waals surface area (Å²) in [5.74, 6) is 0. The number of unbranched alkanes of at least 4 members (excludes halogenated alkanes) is 3. The van der Waals surface area contributed by atoms with E-state index in [1.807, 2.05) is 0 Å². The standard InChI is InChI=1S/C8H16OS/c1-3-4-5-6-7-8(10)9-2/h3-7H2,1-2H3. The van der Waals surface area contributed by atoms with Crippen molar-refractivity contribution >= 4 is 17.3 Å². The molecule has 0 rings (SSSR count). The summed E-state index contributed by atoms with van der Waals surface area (Å²) in [5.41, 5.74) is 0. The predicted octanol–water partition coefficient (Wildman–Crippen LogP) is 2.93. The zero-order valence-corrected chi connectivity index (χ0v) is 7.67. The molecule has 1 nitrogen and oxygen atoms in total. The van der Waals surface area contributed by atoms with E-state index < -0.39 is 0 Å². The lowest BCUT2D eigenvalue weighted by Gasteiger charge is -2.00. The van der Waals surface area contributed by atoms with Gasteiger partial charge in [-0.1, -0.05) is 26.2 Å². The molecule has 0 aromatic heterocycles. The highest BCUT2D eigenvalue weighted by atomic mass is 32.1. The van der Waals surface area contributed by atoms with E-state index in [9.17, 15) is 0 Å². The molecule has 0 heterocycles. The van der Waals surface area contributed by atoms with Crippen LogP contribution in [0.4, 0.5) is 0 Å². The second-order valence-electron chi connectivity index (χ2n) is 2.39. The maximum absolute atomic E-state index is 4.88. The van der Waals surface area contributed by atoms with Crippen molar-refractivity contribution in [2.75, 3.05) is 7.11 Å². The third-order valence-corrected chi connectivity index (χ3v) is 1.83. The summed E-state index contributed by atoms with van der Waals surface area (Å²) in [6, 6.07) is 0. The zero-order valence-electron chi connectivity index (χ0n) is 6.85. The smallest absolute Gasteiger partial charge is 0.159 e. The van der Waals surface area contributed by atoms with Crippen molar-refractivity contribution in [1.29, 1.82) is 0 Å². The van der Waals surface area contributed by atoms with Crippen LogP contribution in [-0.4, -0.2) is 12.2 Å². The molecule has 0 bridgehead atoms. The molecular formula is C8H16OS. The van der Waals surface area contributed by atoms with Gasteiger partial charge in [-0.05, 0) is 18.6 Å². The summed E-state index contributed by atoms with van der Waals surface area (Å²) in [4.78, 5) is 0. The molecule has 0 saturated heterocycles. The molecule has 0 aliphatic rings. The first-order chi connectivity index (χ1) is 4.81. The number of thiocarbonyl (C=S) groups is 1. The van der Waals surface area contributed by atoms with E-state index in [1.165, 1.54) is 25.7 Å². The molecule has 0 aliphatic carbocycles. The van der Waals surface area contributed by atoms with E-state index in [-0.39, 0.29) is 0 Å². The number of hydrogen-bond acceptors (Lipinski definition) is 2. The Balaban J connectivity index is 2.96. The fourth-order valence-electron chi connectivity index (χ4n) is 0.798. The summed E-state index contributed by atoms with van der Waals surface area (Å²) in [6.07, 6.45) is 6.00. The fraction of sp³-hybridized carbons (Fsp3) is 0.875. The second-order valence-corrected chi connectivity index (χ2v) is 2.84. The Kier molecular flexibility index (Phi) is 6.93. The highest BCUT2D eigenvalue weighted by Crippen LogP contribution is 2.03. The van der Waals surface area contributed by atoms with Crippen molar-refractivity contribution < 1.29 is 4.74 Å². The van der Waals surface area contributed by atoms with Gasteiger partial charge in [0.2, 0.25) is 0 Å². The van der Waals surface area contributed by atoms with Crippen molar-refractivity contribution in [3.63, 3.8) is 0 Å². The lowest BCUT2D eigenvalue weighted by molar-refractivity contribution is 0.399. The number of rotatable bonds is 5. The van der Waals surface area contributed by atoms with Crippen molar-refractivity contribution in [3.8, 4) is 0 Å². The van der Waals surface area contributed by atoms with Crippen LogP contribution in [0.25, 0.3) is 0 Å². The Bertz CT molecular complexity index is 91.3. The van der Waals surface area contributed by atoms with Gasteiger partial charge in [-0.15, -0.1) is 0 Å². The summed E-state index contributed by atoms with van der Waals surface area (Å²) in [5, 5.41) is 0.746. The Labute approximate surface area is 68.8 Å². The van der Waals surface area contributed by atoms with Gasteiger partial charge in [-0.3, -0.25) is 0 Å². The lowest BCUT2D eigenvalue weighted by Crippen LogP contribution is -1.95. The molecule has 0 N–H and O–H groups in total. The van der Waals surface area contributed by atoms with Crippen LogP contribution in [-0.2, 0) is 4.74 Å². The second kappa shape index (κ2) is 7.00. The first-order valence-electron chi connectivity index (χ1n) is 3.88. The van der Waals surface area contributed by atoms with Gasteiger partial charge in [0, 0.05) is 6.42 Å². The van der Waals surface area contributed by atoms with E-state index in [0.29, 0.717) is 0 Å². The first-order valence-corrected chi connectivity index (χ1v) is 4.29. The Morgan fingerprint density at radius 2 is 2.00 bits per heavy atom. The molecule has 0 atom stereocenters. The molecule has 0 unspecified atom stereocenters. The van der Waals surface area contributed by atoms with Gasteiger partial charge in [-0.2, -0.15) is 0 Å². The van der Waals surface area contributed by atoms with Crippen molar-refractivity contribution in [2.24, 2.45) is 0 Å². The largest absolute Gasteiger partial charge is 0.490 e. The van der Waals surface area contributed by atoms with Gasteiger partial charge in [0.05, 0.1) is 7.11 Å². The lowest BCUT2D eigenvalue weighted by atomic mass is 10.2. The number of hydrogen-bond donors (Lipinski definition) is 0. The van der Waals surface area contributed by atoms with E-state index in [1.54, 1.807) is 7.11 Å². The summed E-state index contributed by atoms with van der Waals surface area (Å²) in [6.45, 7) is 2.20. The molecular weight excluding hydrogens is 144 g/mol. The van der Waals surface area contributed by atoms with Crippen LogP contribution in [0.3, 0.4) is 0 Å². The topological polar surface area (TPSA) is 9.23 Å². The van der Waals surface area contributed by atoms with Crippen LogP contribution in [0.2, 0.25) is 0 Å². The Morgan fingerprint density at radius 3 is 2.50 bits per heavy atom. The van der Waals surface area contributed by atoms with Crippen LogP contribution < -0.4 is 0 Å². The van der Waals surface area contributed by atoms with Crippen LogP contribution in [0.1, 0.15) is 39.0 Å². The van der Waals surface area contributed by atoms with Crippen LogP contribution >= 0.6 is 12.2 Å². The van der Waals surface area contributed by atoms with Gasteiger partial charge in [0.1, 0.15) is 0 Å². The molecule has 0 saturated carbocycles. The van der Waals surface area contributed by atoms with Crippen molar-refractivity contribution in [1.82, 2.24) is 0 Å². The summed E-state index contributed by atoms with van der Waals surface area (Å²) >= 11 is 4.88. The molecule has 0 aromatic carbocycles. The van der Waals surface area contributed by atoms with E-state index in [2.05, 4.69) is 6.92 Å². The quantitative estimate of drug-likeness (QED) is 0.452. The third-order valence-electron chi connectivity index (χ3n) is 1.46. The molecule has 2 heteroatoms. The highest BCUT2D eigenvalue weighted by Gasteiger charge is 1.93. The van der Waals surface area contributed by atoms with Gasteiger partial charge in [0.25, 0.3) is 0 Å². The molecule has 0 spiro atoms. The average Bonchev–Trinajstić information content (AvgIpc) is 1.98. The highest BCUT2D eigenvalue weighted by molar-refractivity contribution is 7.80. The average molecular weight is 160 g/mol. The summed E-state index contributed by atoms with van der Waals surface area (Å²) in [7, 11) is 1.64. The van der Waals surface area contributed by atoms with Gasteiger partial charge >= 0.3 is 0 Å². The molecule has 0 radical (unpaired) electrons. The van der Waals surface area contributed by atoms with E-state index in [4.69, 9.17) is 17.0 Å². The molecule has 0 amide bonds. The molecule has 0 aromatic rings. The summed E-state index contributed by atoms with van der Waals surface area (Å²) < 4.78 is 4.86. The van der Waals surface area contributed by atoms with Crippen LogP contribution in [0.15, 0.2) is 0 Å². The Morgan fingerprint density at radius 1 is 1.30 bits per heavy atom. The predicted molar refractivity (Wildman–Crippen MR) is 48.4 cm³/mol. The SMILES string of the molecule is CCCCCCC(=S)OC. The zero-order chi connectivity index (χ0) is 7.82. The van der Waals surface area contributed by atoms with E-state index in [0.717, 1.165) is 11.5 Å². The third kappa shape index (κ3) is 6.02. The fourth-order valence-corrected chi connectivity index (χ4v) is 0.943. The first kappa shape index (κ1) is 9.89. The van der Waals surface area contributed by atoms with Crippen LogP contribution in [0.5, 0.6) is 0 Å². The van der Waals surface area contributed by atoms with Gasteiger partial charge < -0.3 is 4.74 Å². The van der Waals surface area contributed by atoms with E-state index >= 15 is 0 Å². The maximum atomic E-state index is 4.88. The monoisotopic (exact) mass is 160 g/mol. The molecule has 0 fully saturated rings. The van der Waals surface area contributed by atoms with Gasteiger partial charge in [-0.25, -0.2) is 0 Å². The molecule has 60 valence electrons. The van der Waals surface area contributed by atoms with Crippen molar-refractivity contribution in [2.45, 2.75) is 39.0 Å². The van der Waals surface area contributed by atoms with Crippen LogP contribution in [0, 0.1) is 0 Å². The normalized spacial score (nSPS) is 9.40. The minimum Gasteiger partial charge on any atom is -0.490 e. The maximum Gasteiger partial charge on any atom is 0.159 e. The Hall–Kier alpha value is -0.110. The minimum atomic E-state index is 0.746. The van der Waals surface area contributed by atoms with Crippen molar-refractivity contribution in [3.05, 3.63) is 0 Å².